The smallest absolute Gasteiger partial charge is 0.331 e. The van der Waals surface area contributed by atoms with Crippen LogP contribution in [0, 0.1) is 0 Å². The topological polar surface area (TPSA) is 122 Å². The molecule has 0 radical (unpaired) electrons. The third-order valence-electron chi connectivity index (χ3n) is 7.63. The van der Waals surface area contributed by atoms with Gasteiger partial charge in [0.1, 0.15) is 17.5 Å². The average molecular weight is 560 g/mol. The molecule has 2 aliphatic heterocycles. The Kier molecular flexibility index (Phi) is 7.47. The van der Waals surface area contributed by atoms with Crippen LogP contribution in [0.1, 0.15) is 63.2 Å². The highest BCUT2D eigenvalue weighted by Crippen LogP contribution is 2.44. The van der Waals surface area contributed by atoms with E-state index in [1.165, 1.54) is 4.90 Å². The molecule has 0 aromatic heterocycles. The van der Waals surface area contributed by atoms with Crippen molar-refractivity contribution in [3.8, 4) is 0 Å². The van der Waals surface area contributed by atoms with Crippen LogP contribution in [0.2, 0.25) is 0 Å². The van der Waals surface area contributed by atoms with E-state index < -0.39 is 61.2 Å². The minimum atomic E-state index is -4.00. The van der Waals surface area contributed by atoms with Crippen LogP contribution in [0.5, 0.6) is 0 Å². The number of carbonyl (C=O) groups is 2. The zero-order chi connectivity index (χ0) is 27.1. The lowest BCUT2D eigenvalue weighted by Crippen LogP contribution is -2.72. The Morgan fingerprint density at radius 1 is 0.974 bits per heavy atom. The molecule has 2 N–H and O–H groups in total. The van der Waals surface area contributed by atoms with Gasteiger partial charge in [0.15, 0.2) is 6.10 Å². The van der Waals surface area contributed by atoms with E-state index in [0.717, 1.165) is 43.2 Å². The zero-order valence-electron chi connectivity index (χ0n) is 21.4. The van der Waals surface area contributed by atoms with Gasteiger partial charge in [-0.2, -0.15) is 17.9 Å². The molecular weight excluding hydrogens is 526 g/mol. The number of hydrogen-bond donors (Lipinski definition) is 2. The molecule has 2 aromatic rings. The molecule has 0 spiro atoms. The number of fused-ring (bicyclic) bond motifs is 1. The second-order valence-electron chi connectivity index (χ2n) is 10.6. The number of nitrogens with zero attached hydrogens (tertiary/aromatic N) is 1. The van der Waals surface area contributed by atoms with Crippen molar-refractivity contribution in [2.75, 3.05) is 0 Å². The lowest BCUT2D eigenvalue weighted by Gasteiger charge is -2.43. The van der Waals surface area contributed by atoms with E-state index >= 15 is 0 Å². The van der Waals surface area contributed by atoms with Crippen LogP contribution in [0.25, 0.3) is 0 Å². The van der Waals surface area contributed by atoms with E-state index in [4.69, 9.17) is 4.74 Å². The molecule has 1 amide bonds. The number of esters is 1. The summed E-state index contributed by atoms with van der Waals surface area (Å²) in [5.41, 5.74) is 1.52. The second-order valence-corrected chi connectivity index (χ2v) is 14.2. The molecule has 0 bridgehead atoms. The minimum Gasteiger partial charge on any atom is -0.451 e. The number of nitrogens with one attached hydrogen (secondary N) is 2. The van der Waals surface area contributed by atoms with Crippen LogP contribution >= 0.6 is 0 Å². The van der Waals surface area contributed by atoms with Crippen molar-refractivity contribution >= 4 is 32.9 Å². The maximum absolute atomic E-state index is 13.7. The van der Waals surface area contributed by atoms with Gasteiger partial charge in [-0.05, 0) is 37.8 Å². The normalized spacial score (nSPS) is 27.1. The average Bonchev–Trinajstić information content (AvgIpc) is 3.10. The summed E-state index contributed by atoms with van der Waals surface area (Å²) < 4.78 is 49.0. The summed E-state index contributed by atoms with van der Waals surface area (Å²) in [6, 6.07) is 16.0. The van der Waals surface area contributed by atoms with Crippen molar-refractivity contribution in [2.24, 2.45) is 0 Å². The Hall–Kier alpha value is -2.60. The fourth-order valence-electron chi connectivity index (χ4n) is 5.66. The summed E-state index contributed by atoms with van der Waals surface area (Å²) in [6.45, 7) is 3.29. The molecule has 38 heavy (non-hydrogen) atoms. The van der Waals surface area contributed by atoms with Gasteiger partial charge in [0.25, 0.3) is 10.2 Å². The number of carbonyl (C=O) groups excluding carboxylic acids is 2. The molecule has 2 heterocycles. The third-order valence-corrected chi connectivity index (χ3v) is 11.0. The first-order valence-corrected chi connectivity index (χ1v) is 15.6. The van der Waals surface area contributed by atoms with Crippen molar-refractivity contribution in [3.63, 3.8) is 0 Å². The van der Waals surface area contributed by atoms with Crippen molar-refractivity contribution in [1.29, 1.82) is 0 Å². The van der Waals surface area contributed by atoms with E-state index in [1.54, 1.807) is 13.8 Å². The number of β-lactam (4-membered cyclic amide) rings is 1. The van der Waals surface area contributed by atoms with Crippen LogP contribution in [0.3, 0.4) is 0 Å². The molecule has 3 fully saturated rings. The number of benzene rings is 2. The number of ether oxygens (including phenoxy) is 1. The van der Waals surface area contributed by atoms with Gasteiger partial charge in [-0.1, -0.05) is 79.9 Å². The van der Waals surface area contributed by atoms with E-state index in [9.17, 15) is 22.2 Å². The van der Waals surface area contributed by atoms with Gasteiger partial charge in [-0.15, -0.1) is 0 Å². The Labute approximate surface area is 226 Å². The molecule has 2 saturated heterocycles. The highest BCUT2D eigenvalue weighted by Gasteiger charge is 2.69. The molecule has 204 valence electrons. The molecule has 1 saturated carbocycles. The lowest BCUT2D eigenvalue weighted by molar-refractivity contribution is -0.165. The molecule has 3 aliphatic rings. The standard InChI is InChI=1S/C27H33N3O6S2/c1-27(2)23(26(32)36-22(18-12-6-3-7-13-18)19-14-8-4-9-15-19)30-24(31)21(25(30)37(27)33)29-38(34,35)28-20-16-10-5-11-17-20/h3-4,6-9,12-15,20-23,25,28-29H,5,10-11,16-17H2,1-2H3/t21-,23+,25-,37?/m1/s1. The van der Waals surface area contributed by atoms with Crippen molar-refractivity contribution in [2.45, 2.75) is 80.3 Å². The fraction of sp³-hybridized carbons (Fsp3) is 0.481. The van der Waals surface area contributed by atoms with Gasteiger partial charge in [-0.3, -0.25) is 9.00 Å². The Morgan fingerprint density at radius 3 is 2.08 bits per heavy atom. The maximum Gasteiger partial charge on any atom is 0.331 e. The summed E-state index contributed by atoms with van der Waals surface area (Å²) in [5.74, 6) is -1.26. The first-order chi connectivity index (χ1) is 18.1. The second kappa shape index (κ2) is 10.5. The third kappa shape index (κ3) is 5.04. The van der Waals surface area contributed by atoms with Crippen molar-refractivity contribution in [1.82, 2.24) is 14.3 Å². The van der Waals surface area contributed by atoms with E-state index in [-0.39, 0.29) is 6.04 Å². The summed E-state index contributed by atoms with van der Waals surface area (Å²) in [5, 5.41) is -0.954. The number of hydrogen-bond acceptors (Lipinski definition) is 6. The lowest BCUT2D eigenvalue weighted by atomic mass is 9.96. The zero-order valence-corrected chi connectivity index (χ0v) is 23.0. The molecule has 2 aromatic carbocycles. The van der Waals surface area contributed by atoms with Gasteiger partial charge in [-0.25, -0.2) is 4.79 Å². The maximum atomic E-state index is 13.7. The summed E-state index contributed by atoms with van der Waals surface area (Å²) in [6.07, 6.45) is 3.73. The van der Waals surface area contributed by atoms with Crippen LogP contribution in [-0.4, -0.2) is 57.6 Å². The van der Waals surface area contributed by atoms with Crippen molar-refractivity contribution in [3.05, 3.63) is 71.8 Å². The number of rotatable bonds is 8. The highest BCUT2D eigenvalue weighted by molar-refractivity contribution is 7.88. The van der Waals surface area contributed by atoms with Gasteiger partial charge in [0, 0.05) is 6.04 Å². The molecule has 5 rings (SSSR count). The molecule has 9 nitrogen and oxygen atoms in total. The molecule has 1 unspecified atom stereocenters. The summed E-state index contributed by atoms with van der Waals surface area (Å²) in [4.78, 5) is 28.1. The van der Waals surface area contributed by atoms with Crippen LogP contribution in [-0.2, 0) is 35.3 Å². The fourth-order valence-corrected chi connectivity index (χ4v) is 8.96. The first kappa shape index (κ1) is 27.0. The quantitative estimate of drug-likeness (QED) is 0.379. The highest BCUT2D eigenvalue weighted by atomic mass is 32.2. The van der Waals surface area contributed by atoms with Crippen LogP contribution in [0.4, 0.5) is 0 Å². The van der Waals surface area contributed by atoms with Crippen LogP contribution < -0.4 is 9.44 Å². The molecule has 11 heteroatoms. The predicted octanol–water partition coefficient (Wildman–Crippen LogP) is 2.52. The van der Waals surface area contributed by atoms with Crippen LogP contribution in [0.15, 0.2) is 60.7 Å². The van der Waals surface area contributed by atoms with E-state index in [2.05, 4.69) is 9.44 Å². The van der Waals surface area contributed by atoms with E-state index in [0.29, 0.717) is 0 Å². The minimum absolute atomic E-state index is 0.186. The Bertz CT molecular complexity index is 1270. The Balaban J connectivity index is 1.35. The first-order valence-electron chi connectivity index (χ1n) is 12.9. The van der Waals surface area contributed by atoms with Gasteiger partial charge >= 0.3 is 5.97 Å². The summed E-state index contributed by atoms with van der Waals surface area (Å²) >= 11 is 0. The van der Waals surface area contributed by atoms with Gasteiger partial charge in [0.2, 0.25) is 5.91 Å². The SMILES string of the molecule is CC1(C)[C@H](C(=O)OC(c2ccccc2)c2ccccc2)N2C(=O)[C@@H](NS(=O)(=O)NC3CCCCC3)[C@H]2S1=O. The number of amides is 1. The molecular formula is C27H33N3O6S2. The van der Waals surface area contributed by atoms with Crippen molar-refractivity contribution < 1.29 is 27.0 Å². The van der Waals surface area contributed by atoms with Gasteiger partial charge < -0.3 is 9.64 Å². The Morgan fingerprint density at radius 2 is 1.53 bits per heavy atom. The summed E-state index contributed by atoms with van der Waals surface area (Å²) in [7, 11) is -5.72. The molecule has 4 atom stereocenters. The van der Waals surface area contributed by atoms with E-state index in [1.807, 2.05) is 60.7 Å². The monoisotopic (exact) mass is 559 g/mol. The molecule has 1 aliphatic carbocycles. The largest absolute Gasteiger partial charge is 0.451 e. The van der Waals surface area contributed by atoms with Gasteiger partial charge in [0.05, 0.1) is 15.5 Å². The predicted molar refractivity (Wildman–Crippen MR) is 143 cm³/mol.